The van der Waals surface area contributed by atoms with Gasteiger partial charge in [0.2, 0.25) is 0 Å². The predicted molar refractivity (Wildman–Crippen MR) is 95.7 cm³/mol. The van der Waals surface area contributed by atoms with Gasteiger partial charge >= 0.3 is 5.97 Å². The molecule has 1 heterocycles. The zero-order valence-electron chi connectivity index (χ0n) is 14.4. The number of para-hydroxylation sites is 1. The Morgan fingerprint density at radius 1 is 1.20 bits per heavy atom. The van der Waals surface area contributed by atoms with Crippen LogP contribution in [0.1, 0.15) is 35.8 Å². The summed E-state index contributed by atoms with van der Waals surface area (Å²) in [4.78, 5) is 30.1. The number of amides is 1. The minimum Gasteiger partial charge on any atom is -0.484 e. The van der Waals surface area contributed by atoms with E-state index in [2.05, 4.69) is 4.98 Å². The second kappa shape index (κ2) is 9.78. The molecule has 1 amide bonds. The monoisotopic (exact) mass is 362 g/mol. The van der Waals surface area contributed by atoms with Gasteiger partial charge in [-0.15, -0.1) is 11.3 Å². The van der Waals surface area contributed by atoms with Crippen molar-refractivity contribution in [3.05, 3.63) is 46.4 Å². The molecule has 0 bridgehead atoms. The Morgan fingerprint density at radius 3 is 2.64 bits per heavy atom. The largest absolute Gasteiger partial charge is 0.484 e. The molecular weight excluding hydrogens is 340 g/mol. The third kappa shape index (κ3) is 5.86. The summed E-state index contributed by atoms with van der Waals surface area (Å²) >= 11 is 1.34. The number of aromatic nitrogens is 1. The van der Waals surface area contributed by atoms with Crippen LogP contribution < -0.4 is 4.74 Å². The standard InChI is InChI=1S/C18H22N2O4S/c1-3-10-20(17(21)12-24-14-8-6-5-7-9-14)11-16-19-15(13-25-16)18(22)23-4-2/h5-9,13H,3-4,10-12H2,1-2H3. The van der Waals surface area contributed by atoms with Crippen molar-refractivity contribution in [2.24, 2.45) is 0 Å². The number of benzene rings is 1. The zero-order chi connectivity index (χ0) is 18.1. The molecule has 7 heteroatoms. The number of hydrogen-bond acceptors (Lipinski definition) is 6. The summed E-state index contributed by atoms with van der Waals surface area (Å²) in [5.74, 6) is 0.107. The maximum Gasteiger partial charge on any atom is 0.357 e. The molecular formula is C18H22N2O4S. The van der Waals surface area contributed by atoms with E-state index in [-0.39, 0.29) is 18.2 Å². The second-order valence-corrected chi connectivity index (χ2v) is 6.21. The maximum atomic E-state index is 12.4. The predicted octanol–water partition coefficient (Wildman–Crippen LogP) is 3.14. The van der Waals surface area contributed by atoms with E-state index in [0.29, 0.717) is 30.5 Å². The lowest BCUT2D eigenvalue weighted by Crippen LogP contribution is -2.35. The van der Waals surface area contributed by atoms with Gasteiger partial charge in [-0.05, 0) is 25.5 Å². The molecule has 0 saturated carbocycles. The van der Waals surface area contributed by atoms with E-state index in [9.17, 15) is 9.59 Å². The summed E-state index contributed by atoms with van der Waals surface area (Å²) in [6.07, 6.45) is 0.827. The fourth-order valence-electron chi connectivity index (χ4n) is 2.16. The Labute approximate surface area is 151 Å². The maximum absolute atomic E-state index is 12.4. The average molecular weight is 362 g/mol. The van der Waals surface area contributed by atoms with Gasteiger partial charge in [0.15, 0.2) is 12.3 Å². The van der Waals surface area contributed by atoms with Gasteiger partial charge in [0, 0.05) is 11.9 Å². The van der Waals surface area contributed by atoms with Crippen LogP contribution >= 0.6 is 11.3 Å². The first kappa shape index (κ1) is 18.9. The highest BCUT2D eigenvalue weighted by molar-refractivity contribution is 7.09. The highest BCUT2D eigenvalue weighted by Crippen LogP contribution is 2.15. The van der Waals surface area contributed by atoms with Crippen LogP contribution in [-0.2, 0) is 16.1 Å². The Morgan fingerprint density at radius 2 is 1.96 bits per heavy atom. The minimum absolute atomic E-state index is 0.0277. The van der Waals surface area contributed by atoms with Crippen LogP contribution in [0.5, 0.6) is 5.75 Å². The molecule has 0 aliphatic rings. The second-order valence-electron chi connectivity index (χ2n) is 5.26. The summed E-state index contributed by atoms with van der Waals surface area (Å²) in [5, 5.41) is 2.35. The fraction of sp³-hybridized carbons (Fsp3) is 0.389. The van der Waals surface area contributed by atoms with Gasteiger partial charge in [0.05, 0.1) is 13.2 Å². The molecule has 25 heavy (non-hydrogen) atoms. The third-order valence-corrected chi connectivity index (χ3v) is 4.15. The van der Waals surface area contributed by atoms with Gasteiger partial charge in [-0.3, -0.25) is 4.79 Å². The van der Waals surface area contributed by atoms with Crippen molar-refractivity contribution in [3.63, 3.8) is 0 Å². The molecule has 1 aromatic heterocycles. The molecule has 0 aliphatic carbocycles. The molecule has 2 rings (SSSR count). The van der Waals surface area contributed by atoms with Gasteiger partial charge in [-0.2, -0.15) is 0 Å². The van der Waals surface area contributed by atoms with Crippen molar-refractivity contribution in [1.29, 1.82) is 0 Å². The molecule has 0 N–H and O–H groups in total. The number of ether oxygens (including phenoxy) is 2. The van der Waals surface area contributed by atoms with Crippen LogP contribution in [0.2, 0.25) is 0 Å². The van der Waals surface area contributed by atoms with E-state index < -0.39 is 5.97 Å². The number of thiazole rings is 1. The molecule has 0 atom stereocenters. The van der Waals surface area contributed by atoms with Crippen molar-refractivity contribution < 1.29 is 19.1 Å². The Hall–Kier alpha value is -2.41. The number of carbonyl (C=O) groups excluding carboxylic acids is 2. The number of esters is 1. The molecule has 0 saturated heterocycles. The SMILES string of the molecule is CCCN(Cc1nc(C(=O)OCC)cs1)C(=O)COc1ccccc1. The Balaban J connectivity index is 1.95. The minimum atomic E-state index is -0.439. The van der Waals surface area contributed by atoms with E-state index in [1.54, 1.807) is 17.2 Å². The molecule has 6 nitrogen and oxygen atoms in total. The average Bonchev–Trinajstić information content (AvgIpc) is 3.09. The molecule has 0 radical (unpaired) electrons. The summed E-state index contributed by atoms with van der Waals surface area (Å²) in [5.41, 5.74) is 0.284. The lowest BCUT2D eigenvalue weighted by Gasteiger charge is -2.21. The number of carbonyl (C=O) groups is 2. The first-order valence-corrected chi connectivity index (χ1v) is 9.09. The van der Waals surface area contributed by atoms with Gasteiger partial charge < -0.3 is 14.4 Å². The summed E-state index contributed by atoms with van der Waals surface area (Å²) in [7, 11) is 0. The van der Waals surface area contributed by atoms with E-state index >= 15 is 0 Å². The van der Waals surface area contributed by atoms with E-state index in [1.807, 2.05) is 37.3 Å². The lowest BCUT2D eigenvalue weighted by molar-refractivity contribution is -0.134. The number of nitrogens with zero attached hydrogens (tertiary/aromatic N) is 2. The van der Waals surface area contributed by atoms with E-state index in [4.69, 9.17) is 9.47 Å². The zero-order valence-corrected chi connectivity index (χ0v) is 15.3. The summed E-state index contributed by atoms with van der Waals surface area (Å²) < 4.78 is 10.5. The van der Waals surface area contributed by atoms with Crippen LogP contribution in [-0.4, -0.2) is 41.5 Å². The molecule has 2 aromatic rings. The van der Waals surface area contributed by atoms with Crippen molar-refractivity contribution >= 4 is 23.2 Å². The Bertz CT molecular complexity index is 687. The molecule has 0 fully saturated rings. The summed E-state index contributed by atoms with van der Waals surface area (Å²) in [6.45, 7) is 4.99. The van der Waals surface area contributed by atoms with Crippen LogP contribution in [0.3, 0.4) is 0 Å². The molecule has 1 aromatic carbocycles. The lowest BCUT2D eigenvalue weighted by atomic mass is 10.3. The van der Waals surface area contributed by atoms with Gasteiger partial charge in [0.25, 0.3) is 5.91 Å². The third-order valence-electron chi connectivity index (χ3n) is 3.31. The summed E-state index contributed by atoms with van der Waals surface area (Å²) in [6, 6.07) is 9.22. The molecule has 0 aliphatic heterocycles. The fourth-order valence-corrected chi connectivity index (χ4v) is 2.94. The smallest absolute Gasteiger partial charge is 0.357 e. The van der Waals surface area contributed by atoms with Crippen LogP contribution in [0.15, 0.2) is 35.7 Å². The van der Waals surface area contributed by atoms with Crippen molar-refractivity contribution in [2.45, 2.75) is 26.8 Å². The molecule has 134 valence electrons. The molecule has 0 unspecified atom stereocenters. The molecule has 0 spiro atoms. The number of rotatable bonds is 9. The van der Waals surface area contributed by atoms with Crippen LogP contribution in [0.4, 0.5) is 0 Å². The Kier molecular flexibility index (Phi) is 7.40. The first-order valence-electron chi connectivity index (χ1n) is 8.21. The van der Waals surface area contributed by atoms with Gasteiger partial charge in [-0.25, -0.2) is 9.78 Å². The van der Waals surface area contributed by atoms with Gasteiger partial charge in [-0.1, -0.05) is 25.1 Å². The van der Waals surface area contributed by atoms with Crippen LogP contribution in [0.25, 0.3) is 0 Å². The first-order chi connectivity index (χ1) is 12.1. The van der Waals surface area contributed by atoms with Crippen molar-refractivity contribution in [2.75, 3.05) is 19.8 Å². The highest BCUT2D eigenvalue weighted by Gasteiger charge is 2.18. The topological polar surface area (TPSA) is 68.7 Å². The van der Waals surface area contributed by atoms with E-state index in [0.717, 1.165) is 6.42 Å². The number of hydrogen-bond donors (Lipinski definition) is 0. The normalized spacial score (nSPS) is 10.3. The highest BCUT2D eigenvalue weighted by atomic mass is 32.1. The quantitative estimate of drug-likeness (QED) is 0.641. The van der Waals surface area contributed by atoms with E-state index in [1.165, 1.54) is 11.3 Å². The van der Waals surface area contributed by atoms with Crippen molar-refractivity contribution in [3.8, 4) is 5.75 Å². The van der Waals surface area contributed by atoms with Crippen molar-refractivity contribution in [1.82, 2.24) is 9.88 Å². The van der Waals surface area contributed by atoms with Gasteiger partial charge in [0.1, 0.15) is 10.8 Å². The van der Waals surface area contributed by atoms with Crippen LogP contribution in [0, 0.1) is 0 Å².